The Morgan fingerprint density at radius 3 is 2.58 bits per heavy atom. The van der Waals surface area contributed by atoms with Crippen molar-refractivity contribution in [1.82, 2.24) is 5.32 Å². The number of nitrogens with one attached hydrogen (secondary N) is 1. The van der Waals surface area contributed by atoms with Gasteiger partial charge in [0.1, 0.15) is 5.66 Å². The number of anilines is 1. The Labute approximate surface area is 146 Å². The largest absolute Gasteiger partial charge is 0.335 e. The zero-order valence-electron chi connectivity index (χ0n) is 13.7. The van der Waals surface area contributed by atoms with Gasteiger partial charge < -0.3 is 10.2 Å². The van der Waals surface area contributed by atoms with Crippen molar-refractivity contribution in [1.29, 1.82) is 0 Å². The third kappa shape index (κ3) is 2.01. The second-order valence-electron chi connectivity index (χ2n) is 6.93. The maximum Gasteiger partial charge on any atom is 0.241 e. The lowest BCUT2D eigenvalue weighted by Crippen LogP contribution is -2.58. The number of benzene rings is 2. The van der Waals surface area contributed by atoms with E-state index in [0.717, 1.165) is 16.3 Å². The Kier molecular flexibility index (Phi) is 3.26. The predicted octanol–water partition coefficient (Wildman–Crippen LogP) is 3.98. The van der Waals surface area contributed by atoms with Gasteiger partial charge in [0.15, 0.2) is 0 Å². The second-order valence-corrected chi connectivity index (χ2v) is 7.36. The second kappa shape index (κ2) is 5.12. The van der Waals surface area contributed by atoms with Crippen molar-refractivity contribution in [2.24, 2.45) is 0 Å². The van der Waals surface area contributed by atoms with E-state index in [-0.39, 0.29) is 11.3 Å². The summed E-state index contributed by atoms with van der Waals surface area (Å²) < 4.78 is 0. The molecule has 1 amide bonds. The maximum atomic E-state index is 12.2. The lowest BCUT2D eigenvalue weighted by molar-refractivity contribution is -0.118. The molecule has 0 unspecified atom stereocenters. The molecule has 0 aliphatic carbocycles. The lowest BCUT2D eigenvalue weighted by atomic mass is 9.75. The van der Waals surface area contributed by atoms with E-state index >= 15 is 0 Å². The number of fused-ring (bicyclic) bond motifs is 3. The molecule has 4 rings (SSSR count). The first kappa shape index (κ1) is 15.3. The van der Waals surface area contributed by atoms with Gasteiger partial charge in [-0.1, -0.05) is 61.9 Å². The van der Waals surface area contributed by atoms with Crippen LogP contribution >= 0.6 is 11.6 Å². The third-order valence-electron chi connectivity index (χ3n) is 5.27. The average Bonchev–Trinajstić information content (AvgIpc) is 2.99. The number of carbonyl (C=O) groups excluding carboxylic acids is 1. The molecule has 24 heavy (non-hydrogen) atoms. The maximum absolute atomic E-state index is 12.2. The van der Waals surface area contributed by atoms with E-state index in [1.54, 1.807) is 0 Å². The summed E-state index contributed by atoms with van der Waals surface area (Å²) in [6.07, 6.45) is 4.17. The fraction of sp³-hybridized carbons (Fsp3) is 0.250. The van der Waals surface area contributed by atoms with Gasteiger partial charge in [-0.15, -0.1) is 0 Å². The minimum atomic E-state index is -0.548. The number of halogens is 1. The summed E-state index contributed by atoms with van der Waals surface area (Å²) in [6.45, 7) is 4.75. The van der Waals surface area contributed by atoms with Crippen LogP contribution in [0.5, 0.6) is 0 Å². The first-order valence-electron chi connectivity index (χ1n) is 8.07. The highest BCUT2D eigenvalue weighted by Gasteiger charge is 2.59. The fourth-order valence-corrected chi connectivity index (χ4v) is 4.06. The highest BCUT2D eigenvalue weighted by atomic mass is 35.5. The van der Waals surface area contributed by atoms with Gasteiger partial charge in [0.25, 0.3) is 0 Å². The van der Waals surface area contributed by atoms with Crippen molar-refractivity contribution >= 4 is 29.3 Å². The van der Waals surface area contributed by atoms with Crippen LogP contribution in [0.4, 0.5) is 5.69 Å². The molecule has 0 saturated carbocycles. The minimum absolute atomic E-state index is 0.0540. The minimum Gasteiger partial charge on any atom is -0.335 e. The Hall–Kier alpha value is -2.26. The van der Waals surface area contributed by atoms with Crippen molar-refractivity contribution in [3.05, 3.63) is 70.8 Å². The van der Waals surface area contributed by atoms with Crippen molar-refractivity contribution in [2.45, 2.75) is 24.9 Å². The smallest absolute Gasteiger partial charge is 0.241 e. The Morgan fingerprint density at radius 1 is 1.12 bits per heavy atom. The molecule has 2 aliphatic heterocycles. The molecular formula is C20H19ClN2O. The number of amides is 1. The Morgan fingerprint density at radius 2 is 1.83 bits per heavy atom. The molecule has 2 aromatic rings. The quantitative estimate of drug-likeness (QED) is 0.898. The number of hydrogen-bond acceptors (Lipinski definition) is 2. The van der Waals surface area contributed by atoms with Gasteiger partial charge in [-0.2, -0.15) is 0 Å². The number of nitrogens with zero attached hydrogens (tertiary/aromatic N) is 1. The van der Waals surface area contributed by atoms with Crippen molar-refractivity contribution in [3.8, 4) is 0 Å². The molecule has 0 aromatic heterocycles. The molecule has 0 bridgehead atoms. The van der Waals surface area contributed by atoms with Crippen LogP contribution in [0.1, 0.15) is 25.0 Å². The molecule has 1 fully saturated rings. The van der Waals surface area contributed by atoms with Gasteiger partial charge >= 0.3 is 0 Å². The van der Waals surface area contributed by atoms with Crippen molar-refractivity contribution in [3.63, 3.8) is 0 Å². The molecule has 2 aromatic carbocycles. The van der Waals surface area contributed by atoms with E-state index in [1.807, 2.05) is 30.3 Å². The molecule has 1 N–H and O–H groups in total. The first-order valence-corrected chi connectivity index (χ1v) is 8.45. The summed E-state index contributed by atoms with van der Waals surface area (Å²) in [5.74, 6) is 0.0540. The molecule has 0 spiro atoms. The molecule has 1 atom stereocenters. The van der Waals surface area contributed by atoms with E-state index in [1.165, 1.54) is 5.56 Å². The summed E-state index contributed by atoms with van der Waals surface area (Å²) in [7, 11) is 0. The number of para-hydroxylation sites is 1. The van der Waals surface area contributed by atoms with Crippen LogP contribution in [0.25, 0.3) is 6.08 Å². The number of carbonyl (C=O) groups is 1. The van der Waals surface area contributed by atoms with E-state index in [9.17, 15) is 4.79 Å². The zero-order valence-corrected chi connectivity index (χ0v) is 14.5. The van der Waals surface area contributed by atoms with E-state index in [4.69, 9.17) is 11.6 Å². The highest BCUT2D eigenvalue weighted by Crippen LogP contribution is 2.52. The summed E-state index contributed by atoms with van der Waals surface area (Å²) in [5.41, 5.74) is 2.65. The summed E-state index contributed by atoms with van der Waals surface area (Å²) in [6, 6.07) is 16.0. The van der Waals surface area contributed by atoms with Gasteiger partial charge in [0.05, 0.1) is 6.54 Å². The molecule has 2 aliphatic rings. The van der Waals surface area contributed by atoms with E-state index in [0.29, 0.717) is 6.54 Å². The van der Waals surface area contributed by atoms with Gasteiger partial charge in [-0.3, -0.25) is 4.79 Å². The van der Waals surface area contributed by atoms with Crippen LogP contribution in [0.3, 0.4) is 0 Å². The lowest BCUT2D eigenvalue weighted by Gasteiger charge is -2.40. The topological polar surface area (TPSA) is 32.3 Å². The number of hydrogen-bond donors (Lipinski definition) is 1. The zero-order chi connectivity index (χ0) is 16.9. The predicted molar refractivity (Wildman–Crippen MR) is 98.2 cm³/mol. The molecule has 1 saturated heterocycles. The molecule has 0 radical (unpaired) electrons. The van der Waals surface area contributed by atoms with Gasteiger partial charge in [0, 0.05) is 16.1 Å². The normalized spacial score (nSPS) is 24.1. The summed E-state index contributed by atoms with van der Waals surface area (Å²) in [5, 5.41) is 3.94. The van der Waals surface area contributed by atoms with Crippen LogP contribution in [0, 0.1) is 0 Å². The molecule has 122 valence electrons. The monoisotopic (exact) mass is 338 g/mol. The molecule has 2 heterocycles. The Bertz CT molecular complexity index is 841. The third-order valence-corrected chi connectivity index (χ3v) is 5.52. The van der Waals surface area contributed by atoms with Crippen LogP contribution in [0.2, 0.25) is 5.02 Å². The molecular weight excluding hydrogens is 320 g/mol. The standard InChI is InChI=1S/C20H19ClN2O/c1-19(2)16-5-3-4-6-17(16)23-13-18(24)22-20(19,23)12-11-14-7-9-15(21)10-8-14/h3-12H,13H2,1-2H3,(H,22,24)/t20-/m0/s1. The molecule has 3 nitrogen and oxygen atoms in total. The van der Waals surface area contributed by atoms with Gasteiger partial charge in [-0.05, 0) is 35.4 Å². The van der Waals surface area contributed by atoms with Gasteiger partial charge in [0.2, 0.25) is 5.91 Å². The average molecular weight is 339 g/mol. The van der Waals surface area contributed by atoms with Gasteiger partial charge in [-0.25, -0.2) is 0 Å². The summed E-state index contributed by atoms with van der Waals surface area (Å²) >= 11 is 5.96. The highest BCUT2D eigenvalue weighted by molar-refractivity contribution is 6.30. The van der Waals surface area contributed by atoms with Crippen LogP contribution in [-0.2, 0) is 10.2 Å². The van der Waals surface area contributed by atoms with Crippen molar-refractivity contribution in [2.75, 3.05) is 11.4 Å². The first-order chi connectivity index (χ1) is 11.4. The fourth-order valence-electron chi connectivity index (χ4n) is 3.93. The van der Waals surface area contributed by atoms with E-state index < -0.39 is 5.66 Å². The molecule has 4 heteroatoms. The van der Waals surface area contributed by atoms with Crippen molar-refractivity contribution < 1.29 is 4.79 Å². The Balaban J connectivity index is 1.82. The van der Waals surface area contributed by atoms with Crippen LogP contribution in [0.15, 0.2) is 54.6 Å². The van der Waals surface area contributed by atoms with Crippen LogP contribution < -0.4 is 10.2 Å². The van der Waals surface area contributed by atoms with E-state index in [2.05, 4.69) is 54.4 Å². The van der Waals surface area contributed by atoms with Crippen LogP contribution in [-0.4, -0.2) is 18.1 Å². The SMILES string of the molecule is CC1(C)c2ccccc2N2CC(=O)N[C@@]21C=Cc1ccc(Cl)cc1. The summed E-state index contributed by atoms with van der Waals surface area (Å²) in [4.78, 5) is 14.4. The number of rotatable bonds is 2.